The molecule has 1 aliphatic rings. The first kappa shape index (κ1) is 12.7. The average Bonchev–Trinajstić information content (AvgIpc) is 2.89. The lowest BCUT2D eigenvalue weighted by Gasteiger charge is -2.07. The van der Waals surface area contributed by atoms with E-state index in [0.29, 0.717) is 12.4 Å². The van der Waals surface area contributed by atoms with Crippen molar-refractivity contribution in [3.05, 3.63) is 30.1 Å². The van der Waals surface area contributed by atoms with Crippen molar-refractivity contribution < 1.29 is 9.13 Å². The molecule has 2 N–H and O–H groups in total. The van der Waals surface area contributed by atoms with Crippen LogP contribution in [-0.2, 0) is 0 Å². The molecule has 1 heterocycles. The minimum absolute atomic E-state index is 0.239. The predicted molar refractivity (Wildman–Crippen MR) is 69.4 cm³/mol. The highest BCUT2D eigenvalue weighted by atomic mass is 19.1. The molecule has 1 aromatic rings. The molecule has 1 aromatic carbocycles. The number of halogens is 1. The highest BCUT2D eigenvalue weighted by Crippen LogP contribution is 2.11. The van der Waals surface area contributed by atoms with E-state index in [1.165, 1.54) is 12.1 Å². The van der Waals surface area contributed by atoms with Crippen molar-refractivity contribution in [2.45, 2.75) is 12.8 Å². The van der Waals surface area contributed by atoms with Crippen LogP contribution in [-0.4, -0.2) is 32.2 Å². The normalized spacial score (nSPS) is 13.9. The number of hydrogen-bond acceptors (Lipinski definition) is 4. The second-order valence-electron chi connectivity index (χ2n) is 4.09. The maximum absolute atomic E-state index is 12.6. The number of unbranched alkanes of at least 4 members (excludes halogenated alkanes) is 1. The van der Waals surface area contributed by atoms with Crippen LogP contribution in [0.5, 0.6) is 5.75 Å². The van der Waals surface area contributed by atoms with Gasteiger partial charge in [-0.2, -0.15) is 0 Å². The Hall–Kier alpha value is -1.78. The Bertz CT molecular complexity index is 392. The molecule has 0 amide bonds. The fourth-order valence-corrected chi connectivity index (χ4v) is 1.67. The number of benzene rings is 1. The Labute approximate surface area is 106 Å². The van der Waals surface area contributed by atoms with E-state index in [4.69, 9.17) is 4.74 Å². The van der Waals surface area contributed by atoms with Gasteiger partial charge in [0.15, 0.2) is 5.96 Å². The van der Waals surface area contributed by atoms with Crippen molar-refractivity contribution in [1.82, 2.24) is 10.6 Å². The maximum Gasteiger partial charge on any atom is 0.191 e. The summed E-state index contributed by atoms with van der Waals surface area (Å²) in [5.41, 5.74) is 0. The SMILES string of the molecule is Fc1ccc(OCCCCNC2=NCCN2)cc1. The topological polar surface area (TPSA) is 45.6 Å². The second-order valence-corrected chi connectivity index (χ2v) is 4.09. The van der Waals surface area contributed by atoms with Gasteiger partial charge in [-0.15, -0.1) is 0 Å². The van der Waals surface area contributed by atoms with Gasteiger partial charge in [0.1, 0.15) is 11.6 Å². The van der Waals surface area contributed by atoms with E-state index < -0.39 is 0 Å². The van der Waals surface area contributed by atoms with Gasteiger partial charge in [-0.05, 0) is 37.1 Å². The zero-order valence-electron chi connectivity index (χ0n) is 10.3. The average molecular weight is 251 g/mol. The minimum Gasteiger partial charge on any atom is -0.494 e. The molecular weight excluding hydrogens is 233 g/mol. The van der Waals surface area contributed by atoms with Gasteiger partial charge in [-0.25, -0.2) is 4.39 Å². The van der Waals surface area contributed by atoms with Gasteiger partial charge >= 0.3 is 0 Å². The number of aliphatic imine (C=N–C) groups is 1. The summed E-state index contributed by atoms with van der Waals surface area (Å²) >= 11 is 0. The molecule has 0 fully saturated rings. The molecule has 0 aromatic heterocycles. The van der Waals surface area contributed by atoms with Crippen LogP contribution in [0.3, 0.4) is 0 Å². The van der Waals surface area contributed by atoms with Crippen molar-refractivity contribution in [2.75, 3.05) is 26.2 Å². The van der Waals surface area contributed by atoms with Crippen LogP contribution in [0.2, 0.25) is 0 Å². The molecule has 18 heavy (non-hydrogen) atoms. The molecule has 0 saturated heterocycles. The highest BCUT2D eigenvalue weighted by molar-refractivity contribution is 5.81. The fourth-order valence-electron chi connectivity index (χ4n) is 1.67. The smallest absolute Gasteiger partial charge is 0.191 e. The number of rotatable bonds is 6. The molecule has 0 saturated carbocycles. The quantitative estimate of drug-likeness (QED) is 0.754. The Morgan fingerprint density at radius 1 is 1.28 bits per heavy atom. The first-order valence-corrected chi connectivity index (χ1v) is 6.25. The van der Waals surface area contributed by atoms with Gasteiger partial charge in [0.2, 0.25) is 0 Å². The van der Waals surface area contributed by atoms with Crippen LogP contribution in [0, 0.1) is 5.82 Å². The number of hydrogen-bond donors (Lipinski definition) is 2. The zero-order chi connectivity index (χ0) is 12.6. The molecular formula is C13H18FN3O. The lowest BCUT2D eigenvalue weighted by molar-refractivity contribution is 0.306. The van der Waals surface area contributed by atoms with E-state index in [2.05, 4.69) is 15.6 Å². The van der Waals surface area contributed by atoms with Crippen molar-refractivity contribution in [3.8, 4) is 5.75 Å². The molecule has 1 aliphatic heterocycles. The number of nitrogens with zero attached hydrogens (tertiary/aromatic N) is 1. The van der Waals surface area contributed by atoms with Gasteiger partial charge in [0, 0.05) is 13.1 Å². The van der Waals surface area contributed by atoms with E-state index in [0.717, 1.165) is 38.4 Å². The summed E-state index contributed by atoms with van der Waals surface area (Å²) in [6.45, 7) is 3.32. The number of ether oxygens (including phenoxy) is 1. The summed E-state index contributed by atoms with van der Waals surface area (Å²) in [7, 11) is 0. The third kappa shape index (κ3) is 4.24. The van der Waals surface area contributed by atoms with Gasteiger partial charge in [0.05, 0.1) is 13.2 Å². The number of guanidine groups is 1. The Kier molecular flexibility index (Phi) is 4.81. The first-order valence-electron chi connectivity index (χ1n) is 6.25. The summed E-state index contributed by atoms with van der Waals surface area (Å²) in [5, 5.41) is 6.37. The molecule has 0 unspecified atom stereocenters. The van der Waals surface area contributed by atoms with Crippen LogP contribution >= 0.6 is 0 Å². The zero-order valence-corrected chi connectivity index (χ0v) is 10.3. The second kappa shape index (κ2) is 6.83. The third-order valence-electron chi connectivity index (χ3n) is 2.62. The summed E-state index contributed by atoms with van der Waals surface area (Å²) < 4.78 is 18.1. The van der Waals surface area contributed by atoms with Crippen molar-refractivity contribution in [1.29, 1.82) is 0 Å². The Morgan fingerprint density at radius 2 is 2.11 bits per heavy atom. The Morgan fingerprint density at radius 3 is 2.83 bits per heavy atom. The molecule has 0 bridgehead atoms. The molecule has 2 rings (SSSR count). The molecule has 0 atom stereocenters. The molecule has 98 valence electrons. The maximum atomic E-state index is 12.6. The number of nitrogens with one attached hydrogen (secondary N) is 2. The minimum atomic E-state index is -0.239. The van der Waals surface area contributed by atoms with Crippen LogP contribution in [0.25, 0.3) is 0 Å². The summed E-state index contributed by atoms with van der Waals surface area (Å²) in [4.78, 5) is 4.24. The van der Waals surface area contributed by atoms with Gasteiger partial charge in [-0.3, -0.25) is 4.99 Å². The lowest BCUT2D eigenvalue weighted by atomic mass is 10.3. The predicted octanol–water partition coefficient (Wildman–Crippen LogP) is 1.53. The summed E-state index contributed by atoms with van der Waals surface area (Å²) in [6.07, 6.45) is 1.97. The van der Waals surface area contributed by atoms with Crippen LogP contribution in [0.1, 0.15) is 12.8 Å². The molecule has 5 heteroatoms. The lowest BCUT2D eigenvalue weighted by Crippen LogP contribution is -2.34. The van der Waals surface area contributed by atoms with Crippen LogP contribution in [0.15, 0.2) is 29.3 Å². The summed E-state index contributed by atoms with van der Waals surface area (Å²) in [6, 6.07) is 6.09. The largest absolute Gasteiger partial charge is 0.494 e. The molecule has 0 spiro atoms. The van der Waals surface area contributed by atoms with Gasteiger partial charge in [0.25, 0.3) is 0 Å². The standard InChI is InChI=1S/C13H18FN3O/c14-11-3-5-12(6-4-11)18-10-2-1-7-15-13-16-8-9-17-13/h3-6H,1-2,7-10H2,(H2,15,16,17). The molecule has 0 radical (unpaired) electrons. The van der Waals surface area contributed by atoms with E-state index in [1.807, 2.05) is 0 Å². The summed E-state index contributed by atoms with van der Waals surface area (Å²) in [5.74, 6) is 1.37. The fraction of sp³-hybridized carbons (Fsp3) is 0.462. The van der Waals surface area contributed by atoms with Gasteiger partial charge in [-0.1, -0.05) is 0 Å². The molecule has 4 nitrogen and oxygen atoms in total. The Balaban J connectivity index is 1.52. The van der Waals surface area contributed by atoms with E-state index >= 15 is 0 Å². The van der Waals surface area contributed by atoms with Crippen molar-refractivity contribution in [3.63, 3.8) is 0 Å². The highest BCUT2D eigenvalue weighted by Gasteiger charge is 2.02. The molecule has 0 aliphatic carbocycles. The van der Waals surface area contributed by atoms with E-state index in [1.54, 1.807) is 12.1 Å². The van der Waals surface area contributed by atoms with Crippen molar-refractivity contribution in [2.24, 2.45) is 4.99 Å². The van der Waals surface area contributed by atoms with Gasteiger partial charge < -0.3 is 15.4 Å². The third-order valence-corrected chi connectivity index (χ3v) is 2.62. The van der Waals surface area contributed by atoms with Crippen LogP contribution < -0.4 is 15.4 Å². The first-order chi connectivity index (χ1) is 8.84. The van der Waals surface area contributed by atoms with Crippen molar-refractivity contribution >= 4 is 5.96 Å². The van der Waals surface area contributed by atoms with E-state index in [9.17, 15) is 4.39 Å². The van der Waals surface area contributed by atoms with E-state index in [-0.39, 0.29) is 5.82 Å². The van der Waals surface area contributed by atoms with Crippen LogP contribution in [0.4, 0.5) is 4.39 Å². The monoisotopic (exact) mass is 251 g/mol.